The van der Waals surface area contributed by atoms with E-state index < -0.39 is 0 Å². The summed E-state index contributed by atoms with van der Waals surface area (Å²) in [4.78, 5) is 1.42. The summed E-state index contributed by atoms with van der Waals surface area (Å²) in [5.41, 5.74) is 1.37. The lowest BCUT2D eigenvalue weighted by Gasteiger charge is -2.27. The fourth-order valence-corrected chi connectivity index (χ4v) is 4.50. The van der Waals surface area contributed by atoms with Crippen molar-refractivity contribution in [3.63, 3.8) is 0 Å². The van der Waals surface area contributed by atoms with E-state index >= 15 is 0 Å². The fourth-order valence-electron chi connectivity index (χ4n) is 3.30. The van der Waals surface area contributed by atoms with Gasteiger partial charge in [0.1, 0.15) is 0 Å². The van der Waals surface area contributed by atoms with Crippen molar-refractivity contribution in [2.45, 2.75) is 69.7 Å². The van der Waals surface area contributed by atoms with Crippen molar-refractivity contribution in [3.8, 4) is 0 Å². The molecule has 0 amide bonds. The predicted octanol–water partition coefficient (Wildman–Crippen LogP) is 5.43. The monoisotopic (exact) mass is 305 g/mol. The quantitative estimate of drug-likeness (QED) is 0.533. The summed E-state index contributed by atoms with van der Waals surface area (Å²) in [6.07, 6.45) is 9.85. The summed E-state index contributed by atoms with van der Waals surface area (Å²) in [5, 5.41) is 3.83. The molecule has 21 heavy (non-hydrogen) atoms. The van der Waals surface area contributed by atoms with Gasteiger partial charge in [-0.25, -0.2) is 0 Å². The molecule has 0 bridgehead atoms. The Hall–Kier alpha value is -0.470. The number of rotatable bonds is 7. The topological polar surface area (TPSA) is 12.0 Å². The minimum Gasteiger partial charge on any atom is -0.313 e. The van der Waals surface area contributed by atoms with Gasteiger partial charge in [0, 0.05) is 16.7 Å². The Labute approximate surface area is 135 Å². The van der Waals surface area contributed by atoms with Crippen LogP contribution in [-0.4, -0.2) is 18.3 Å². The molecule has 0 aliphatic heterocycles. The average Bonchev–Trinajstić information content (AvgIpc) is 2.77. The van der Waals surface area contributed by atoms with Crippen LogP contribution in [0.1, 0.15) is 57.4 Å². The summed E-state index contributed by atoms with van der Waals surface area (Å²) in [7, 11) is 0. The van der Waals surface area contributed by atoms with Gasteiger partial charge in [0.15, 0.2) is 0 Å². The van der Waals surface area contributed by atoms with Crippen molar-refractivity contribution in [2.24, 2.45) is 5.92 Å². The molecular formula is C19H31NS. The van der Waals surface area contributed by atoms with Crippen LogP contribution in [-0.2, 0) is 0 Å². The summed E-state index contributed by atoms with van der Waals surface area (Å²) in [5.74, 6) is 2.10. The van der Waals surface area contributed by atoms with E-state index in [2.05, 4.69) is 43.4 Å². The number of thioether (sulfide) groups is 1. The molecule has 0 spiro atoms. The molecule has 0 radical (unpaired) electrons. The van der Waals surface area contributed by atoms with Gasteiger partial charge in [0.25, 0.3) is 0 Å². The molecule has 1 atom stereocenters. The van der Waals surface area contributed by atoms with Gasteiger partial charge >= 0.3 is 0 Å². The van der Waals surface area contributed by atoms with Crippen LogP contribution in [0.4, 0.5) is 0 Å². The summed E-state index contributed by atoms with van der Waals surface area (Å²) >= 11 is 2.03. The number of nitrogens with one attached hydrogen (secondary N) is 1. The highest BCUT2D eigenvalue weighted by Crippen LogP contribution is 2.29. The highest BCUT2D eigenvalue weighted by atomic mass is 32.2. The van der Waals surface area contributed by atoms with Crippen LogP contribution in [0.5, 0.6) is 0 Å². The molecule has 0 saturated heterocycles. The Morgan fingerprint density at radius 1 is 1.19 bits per heavy atom. The Bertz CT molecular complexity index is 396. The molecule has 1 unspecified atom stereocenters. The maximum absolute atomic E-state index is 3.83. The molecule has 1 fully saturated rings. The first kappa shape index (κ1) is 16.9. The van der Waals surface area contributed by atoms with E-state index in [9.17, 15) is 0 Å². The molecule has 1 aromatic carbocycles. The molecule has 1 aliphatic carbocycles. The van der Waals surface area contributed by atoms with Crippen molar-refractivity contribution < 1.29 is 0 Å². The van der Waals surface area contributed by atoms with Crippen LogP contribution in [0.25, 0.3) is 0 Å². The van der Waals surface area contributed by atoms with Crippen molar-refractivity contribution in [2.75, 3.05) is 12.3 Å². The molecule has 1 nitrogen and oxygen atoms in total. The number of hydrogen-bond acceptors (Lipinski definition) is 2. The Morgan fingerprint density at radius 3 is 2.62 bits per heavy atom. The van der Waals surface area contributed by atoms with Gasteiger partial charge in [-0.1, -0.05) is 50.3 Å². The average molecular weight is 306 g/mol. The number of hydrogen-bond donors (Lipinski definition) is 1. The number of aryl methyl sites for hydroxylation is 1. The Balaban J connectivity index is 1.91. The second kappa shape index (κ2) is 9.53. The molecule has 2 heteroatoms. The molecule has 0 heterocycles. The predicted molar refractivity (Wildman–Crippen MR) is 95.2 cm³/mol. The minimum absolute atomic E-state index is 0.688. The van der Waals surface area contributed by atoms with E-state index in [0.717, 1.165) is 12.5 Å². The normalized spacial score (nSPS) is 18.4. The van der Waals surface area contributed by atoms with Crippen LogP contribution in [0, 0.1) is 12.8 Å². The molecule has 2 rings (SSSR count). The van der Waals surface area contributed by atoms with Gasteiger partial charge in [-0.2, -0.15) is 0 Å². The van der Waals surface area contributed by atoms with E-state index in [0.29, 0.717) is 6.04 Å². The smallest absolute Gasteiger partial charge is 0.0189 e. The molecule has 1 aliphatic rings. The highest BCUT2D eigenvalue weighted by molar-refractivity contribution is 7.99. The SMILES string of the molecule is CCCNC(CSc1cccc(C)c1)C1CCCCCC1. The molecular weight excluding hydrogens is 274 g/mol. The lowest BCUT2D eigenvalue weighted by molar-refractivity contribution is 0.343. The molecule has 1 N–H and O–H groups in total. The van der Waals surface area contributed by atoms with Gasteiger partial charge < -0.3 is 5.32 Å². The Kier molecular flexibility index (Phi) is 7.66. The van der Waals surface area contributed by atoms with Crippen molar-refractivity contribution in [1.82, 2.24) is 5.32 Å². The van der Waals surface area contributed by atoms with Crippen LogP contribution >= 0.6 is 11.8 Å². The van der Waals surface area contributed by atoms with Crippen LogP contribution in [0.15, 0.2) is 29.2 Å². The summed E-state index contributed by atoms with van der Waals surface area (Å²) in [6.45, 7) is 5.61. The third-order valence-electron chi connectivity index (χ3n) is 4.54. The van der Waals surface area contributed by atoms with Crippen LogP contribution in [0.3, 0.4) is 0 Å². The third kappa shape index (κ3) is 6.04. The molecule has 1 saturated carbocycles. The van der Waals surface area contributed by atoms with E-state index in [1.807, 2.05) is 11.8 Å². The van der Waals surface area contributed by atoms with Gasteiger partial charge in [-0.15, -0.1) is 11.8 Å². The van der Waals surface area contributed by atoms with E-state index in [1.165, 1.54) is 61.2 Å². The maximum Gasteiger partial charge on any atom is 0.0189 e. The standard InChI is InChI=1S/C19H31NS/c1-3-13-20-19(17-10-6-4-5-7-11-17)15-21-18-12-8-9-16(2)14-18/h8-9,12,14,17,19-20H,3-7,10-11,13,15H2,1-2H3. The lowest BCUT2D eigenvalue weighted by Crippen LogP contribution is -2.38. The number of benzene rings is 1. The van der Waals surface area contributed by atoms with E-state index in [1.54, 1.807) is 0 Å². The van der Waals surface area contributed by atoms with Crippen molar-refractivity contribution in [1.29, 1.82) is 0 Å². The van der Waals surface area contributed by atoms with Crippen molar-refractivity contribution >= 4 is 11.8 Å². The fraction of sp³-hybridized carbons (Fsp3) is 0.684. The third-order valence-corrected chi connectivity index (χ3v) is 5.66. The first-order valence-electron chi connectivity index (χ1n) is 8.72. The van der Waals surface area contributed by atoms with Crippen LogP contribution in [0.2, 0.25) is 0 Å². The molecule has 1 aromatic rings. The largest absolute Gasteiger partial charge is 0.313 e. The second-order valence-corrected chi connectivity index (χ2v) is 7.53. The van der Waals surface area contributed by atoms with Gasteiger partial charge in [0.05, 0.1) is 0 Å². The maximum atomic E-state index is 3.83. The van der Waals surface area contributed by atoms with Gasteiger partial charge in [0.2, 0.25) is 0 Å². The first-order valence-corrected chi connectivity index (χ1v) is 9.71. The Morgan fingerprint density at radius 2 is 1.95 bits per heavy atom. The first-order chi connectivity index (χ1) is 10.3. The molecule has 118 valence electrons. The van der Waals surface area contributed by atoms with Crippen molar-refractivity contribution in [3.05, 3.63) is 29.8 Å². The van der Waals surface area contributed by atoms with Crippen LogP contribution < -0.4 is 5.32 Å². The zero-order valence-electron chi connectivity index (χ0n) is 13.7. The highest BCUT2D eigenvalue weighted by Gasteiger charge is 2.22. The summed E-state index contributed by atoms with van der Waals surface area (Å²) < 4.78 is 0. The minimum atomic E-state index is 0.688. The van der Waals surface area contributed by atoms with Gasteiger partial charge in [-0.05, 0) is 50.8 Å². The van der Waals surface area contributed by atoms with E-state index in [4.69, 9.17) is 0 Å². The zero-order valence-corrected chi connectivity index (χ0v) is 14.6. The lowest BCUT2D eigenvalue weighted by atomic mass is 9.93. The summed E-state index contributed by atoms with van der Waals surface area (Å²) in [6, 6.07) is 9.62. The molecule has 0 aromatic heterocycles. The van der Waals surface area contributed by atoms with Gasteiger partial charge in [-0.3, -0.25) is 0 Å². The zero-order chi connectivity index (χ0) is 14.9. The second-order valence-electron chi connectivity index (χ2n) is 6.44. The van der Waals surface area contributed by atoms with E-state index in [-0.39, 0.29) is 0 Å².